The van der Waals surface area contributed by atoms with Crippen LogP contribution < -0.4 is 38.9 Å². The van der Waals surface area contributed by atoms with Gasteiger partial charge in [-0.2, -0.15) is 0 Å². The summed E-state index contributed by atoms with van der Waals surface area (Å²) in [4.78, 5) is 61.7. The van der Waals surface area contributed by atoms with Gasteiger partial charge < -0.3 is 43.8 Å². The second-order valence-corrected chi connectivity index (χ2v) is 14.6. The van der Waals surface area contributed by atoms with E-state index in [1.807, 2.05) is 60.7 Å². The summed E-state index contributed by atoms with van der Waals surface area (Å²) >= 11 is 0. The summed E-state index contributed by atoms with van der Waals surface area (Å²) < 4.78 is 0. The summed E-state index contributed by atoms with van der Waals surface area (Å²) in [5.74, 6) is -1.10. The number of rotatable bonds is 20. The zero-order chi connectivity index (χ0) is 38.2. The Hall–Kier alpha value is -4.33. The molecule has 4 rings (SSSR count). The van der Waals surface area contributed by atoms with Crippen molar-refractivity contribution in [2.24, 2.45) is 33.8 Å². The fourth-order valence-electron chi connectivity index (χ4n) is 7.71. The van der Waals surface area contributed by atoms with Crippen molar-refractivity contribution < 1.29 is 19.2 Å². The van der Waals surface area contributed by atoms with Crippen LogP contribution in [0.25, 0.3) is 0 Å². The van der Waals surface area contributed by atoms with Crippen molar-refractivity contribution in [2.45, 2.75) is 120 Å². The van der Waals surface area contributed by atoms with Crippen molar-refractivity contribution >= 4 is 29.5 Å². The standard InChI is InChI=1S/C40H61N9O4/c1-45-34(25-28-16-7-3-8-17-28)38(52)46-31(20-11-12-22-41)39(53)49-23-13-21-35(49)36(50)33(48-40(43)44)26-32(29-18-9-4-10-19-29)47-37(51)30(42)24-27-14-5-2-6-15-27/h3-4,7-10,16-19,27,30-35,45H,2,5-6,11-15,20-26,41-42H2,1H3,(H,46,52)(H,47,51)(H4,43,44,48)/t30-,31+,32+,33?,34+,35+/m1/s1. The molecule has 2 aromatic carbocycles. The highest BCUT2D eigenvalue weighted by atomic mass is 16.2. The molecule has 1 unspecified atom stereocenters. The number of aliphatic imine (C=N–C) groups is 1. The molecule has 1 saturated heterocycles. The molecule has 1 heterocycles. The fraction of sp³-hybridized carbons (Fsp3) is 0.575. The molecule has 1 aliphatic carbocycles. The molecule has 2 aliphatic rings. The lowest BCUT2D eigenvalue weighted by atomic mass is 9.84. The number of carbonyl (C=O) groups excluding carboxylic acids is 4. The third-order valence-electron chi connectivity index (χ3n) is 10.6. The van der Waals surface area contributed by atoms with Crippen LogP contribution in [0.2, 0.25) is 0 Å². The third-order valence-corrected chi connectivity index (χ3v) is 10.6. The molecule has 0 spiro atoms. The van der Waals surface area contributed by atoms with Gasteiger partial charge in [-0.15, -0.1) is 0 Å². The maximum atomic E-state index is 14.4. The number of nitrogens with one attached hydrogen (secondary N) is 3. The van der Waals surface area contributed by atoms with E-state index in [0.29, 0.717) is 64.0 Å². The van der Waals surface area contributed by atoms with Gasteiger partial charge in [0.1, 0.15) is 12.1 Å². The van der Waals surface area contributed by atoms with Crippen LogP contribution in [0.5, 0.6) is 0 Å². The molecule has 2 fully saturated rings. The predicted molar refractivity (Wildman–Crippen MR) is 208 cm³/mol. The first-order valence-electron chi connectivity index (χ1n) is 19.4. The number of nitrogens with two attached hydrogens (primary N) is 4. The van der Waals surface area contributed by atoms with E-state index in [1.54, 1.807) is 11.9 Å². The van der Waals surface area contributed by atoms with E-state index in [-0.39, 0.29) is 35.9 Å². The normalized spacial score (nSPS) is 19.0. The Kier molecular flexibility index (Phi) is 16.7. The number of likely N-dealkylation sites (tertiary alicyclic amines) is 1. The van der Waals surface area contributed by atoms with Gasteiger partial charge in [-0.05, 0) is 75.6 Å². The second kappa shape index (κ2) is 21.4. The van der Waals surface area contributed by atoms with Crippen LogP contribution in [0.15, 0.2) is 65.7 Å². The van der Waals surface area contributed by atoms with E-state index >= 15 is 0 Å². The number of benzene rings is 2. The van der Waals surface area contributed by atoms with Crippen LogP contribution in [0.3, 0.4) is 0 Å². The van der Waals surface area contributed by atoms with Crippen molar-refractivity contribution in [3.63, 3.8) is 0 Å². The quantitative estimate of drug-likeness (QED) is 0.0601. The fourth-order valence-corrected chi connectivity index (χ4v) is 7.71. The van der Waals surface area contributed by atoms with Crippen LogP contribution in [0.4, 0.5) is 0 Å². The molecule has 13 nitrogen and oxygen atoms in total. The number of hydrogen-bond acceptors (Lipinski definition) is 8. The number of unbranched alkanes of at least 4 members (excludes halogenated alkanes) is 1. The number of likely N-dealkylation sites (N-methyl/N-ethyl adjacent to an activating group) is 1. The van der Waals surface area contributed by atoms with Gasteiger partial charge >= 0.3 is 0 Å². The minimum Gasteiger partial charge on any atom is -0.370 e. The lowest BCUT2D eigenvalue weighted by Gasteiger charge is -2.32. The van der Waals surface area contributed by atoms with Gasteiger partial charge in [-0.25, -0.2) is 4.99 Å². The van der Waals surface area contributed by atoms with Gasteiger partial charge in [-0.1, -0.05) is 92.8 Å². The van der Waals surface area contributed by atoms with Crippen molar-refractivity contribution in [1.29, 1.82) is 0 Å². The van der Waals surface area contributed by atoms with Crippen molar-refractivity contribution in [1.82, 2.24) is 20.9 Å². The lowest BCUT2D eigenvalue weighted by molar-refractivity contribution is -0.141. The molecular weight excluding hydrogens is 670 g/mol. The monoisotopic (exact) mass is 731 g/mol. The highest BCUT2D eigenvalue weighted by Crippen LogP contribution is 2.29. The predicted octanol–water partition coefficient (Wildman–Crippen LogP) is 2.18. The molecular formula is C40H61N9O4. The summed E-state index contributed by atoms with van der Waals surface area (Å²) in [6, 6.07) is 14.4. The third kappa shape index (κ3) is 12.6. The zero-order valence-electron chi connectivity index (χ0n) is 31.3. The molecule has 1 saturated carbocycles. The molecule has 6 atom stereocenters. The summed E-state index contributed by atoms with van der Waals surface area (Å²) in [6.45, 7) is 0.805. The van der Waals surface area contributed by atoms with E-state index in [2.05, 4.69) is 20.9 Å². The highest BCUT2D eigenvalue weighted by Gasteiger charge is 2.41. The smallest absolute Gasteiger partial charge is 0.245 e. The average Bonchev–Trinajstić information content (AvgIpc) is 3.66. The van der Waals surface area contributed by atoms with Crippen LogP contribution in [-0.4, -0.2) is 84.7 Å². The van der Waals surface area contributed by atoms with E-state index in [1.165, 1.54) is 6.42 Å². The van der Waals surface area contributed by atoms with Crippen molar-refractivity contribution in [2.75, 3.05) is 20.1 Å². The molecule has 290 valence electrons. The summed E-state index contributed by atoms with van der Waals surface area (Å²) in [5.41, 5.74) is 25.7. The summed E-state index contributed by atoms with van der Waals surface area (Å²) in [7, 11) is 1.72. The SMILES string of the molecule is CN[C@@H](Cc1ccccc1)C(=O)N[C@@H](CCCCN)C(=O)N1CCC[C@H]1C(=O)C(C[C@H](NC(=O)[C@H](N)CC1CCCCC1)c1ccccc1)N=C(N)N. The van der Waals surface area contributed by atoms with Crippen LogP contribution in [0, 0.1) is 5.92 Å². The van der Waals surface area contributed by atoms with Gasteiger partial charge in [0.15, 0.2) is 11.7 Å². The Labute approximate surface area is 314 Å². The average molecular weight is 732 g/mol. The Morgan fingerprint density at radius 3 is 2.17 bits per heavy atom. The molecule has 53 heavy (non-hydrogen) atoms. The van der Waals surface area contributed by atoms with Crippen LogP contribution in [-0.2, 0) is 25.6 Å². The van der Waals surface area contributed by atoms with Crippen LogP contribution >= 0.6 is 0 Å². The minimum absolute atomic E-state index is 0.0706. The molecule has 11 N–H and O–H groups in total. The number of carbonyl (C=O) groups is 4. The summed E-state index contributed by atoms with van der Waals surface area (Å²) in [5, 5.41) is 9.16. The van der Waals surface area contributed by atoms with E-state index < -0.39 is 36.3 Å². The van der Waals surface area contributed by atoms with Crippen molar-refractivity contribution in [3.05, 3.63) is 71.8 Å². The zero-order valence-corrected chi connectivity index (χ0v) is 31.3. The van der Waals surface area contributed by atoms with Crippen LogP contribution in [0.1, 0.15) is 94.2 Å². The first kappa shape index (κ1) is 41.4. The first-order valence-corrected chi connectivity index (χ1v) is 19.4. The molecule has 3 amide bonds. The number of guanidine groups is 1. The maximum Gasteiger partial charge on any atom is 0.245 e. The molecule has 0 bridgehead atoms. The Balaban J connectivity index is 1.52. The number of nitrogens with zero attached hydrogens (tertiary/aromatic N) is 2. The first-order chi connectivity index (χ1) is 25.6. The van der Waals surface area contributed by atoms with Crippen molar-refractivity contribution in [3.8, 4) is 0 Å². The Morgan fingerprint density at radius 1 is 0.849 bits per heavy atom. The number of Topliss-reactive ketones (excluding diaryl/α,β-unsaturated/α-hetero) is 1. The van der Waals surface area contributed by atoms with Gasteiger partial charge in [0.25, 0.3) is 0 Å². The second-order valence-electron chi connectivity index (χ2n) is 14.6. The Morgan fingerprint density at radius 2 is 1.53 bits per heavy atom. The highest BCUT2D eigenvalue weighted by molar-refractivity contribution is 5.97. The molecule has 13 heteroatoms. The Bertz CT molecular complexity index is 1480. The van der Waals surface area contributed by atoms with E-state index in [9.17, 15) is 19.2 Å². The van der Waals surface area contributed by atoms with Gasteiger partial charge in [-0.3, -0.25) is 19.2 Å². The van der Waals surface area contributed by atoms with Gasteiger partial charge in [0.2, 0.25) is 17.7 Å². The topological polar surface area (TPSA) is 224 Å². The minimum atomic E-state index is -1.05. The molecule has 0 radical (unpaired) electrons. The lowest BCUT2D eigenvalue weighted by Crippen LogP contribution is -2.56. The number of amides is 3. The molecule has 0 aromatic heterocycles. The van der Waals surface area contributed by atoms with E-state index in [4.69, 9.17) is 22.9 Å². The van der Waals surface area contributed by atoms with Gasteiger partial charge in [0.05, 0.1) is 24.2 Å². The largest absolute Gasteiger partial charge is 0.370 e. The molecule has 2 aromatic rings. The number of ketones is 1. The van der Waals surface area contributed by atoms with E-state index in [0.717, 1.165) is 36.8 Å². The summed E-state index contributed by atoms with van der Waals surface area (Å²) in [6.07, 6.45) is 9.50. The molecule has 1 aliphatic heterocycles. The maximum absolute atomic E-state index is 14.4. The van der Waals surface area contributed by atoms with Gasteiger partial charge in [0, 0.05) is 13.0 Å². The number of hydrogen-bond donors (Lipinski definition) is 7.